The third-order valence-corrected chi connectivity index (χ3v) is 7.43. The Morgan fingerprint density at radius 3 is 2.79 bits per heavy atom. The number of fused-ring (bicyclic) bond motifs is 1. The van der Waals surface area contributed by atoms with Gasteiger partial charge < -0.3 is 14.6 Å². The molecule has 5 rings (SSSR count). The molecular weight excluding hydrogens is 437 g/mol. The second-order valence-corrected chi connectivity index (χ2v) is 9.73. The zero-order valence-corrected chi connectivity index (χ0v) is 19.3. The van der Waals surface area contributed by atoms with Crippen LogP contribution < -0.4 is 10.6 Å². The van der Waals surface area contributed by atoms with E-state index in [1.165, 1.54) is 18.6 Å². The standard InChI is InChI=1S/C25H32FN5O3/c26-18-6-3-5-17(15-18)25-30-29-24(34-25)16-11-13-31(14-12-16)22(32)10-4-9-21-27-20-8-2-1-7-19(20)23(33)28-21/h3,5-6,15-16,19-21,27H,1-2,4,7-14H2,(H,28,33). The molecule has 0 bridgehead atoms. The maximum Gasteiger partial charge on any atom is 0.247 e. The van der Waals surface area contributed by atoms with Crippen LogP contribution in [-0.4, -0.2) is 52.2 Å². The Labute approximate surface area is 198 Å². The van der Waals surface area contributed by atoms with Crippen LogP contribution in [0.5, 0.6) is 0 Å². The molecule has 9 heteroatoms. The molecule has 1 aromatic heterocycles. The molecule has 2 saturated heterocycles. The van der Waals surface area contributed by atoms with E-state index in [-0.39, 0.29) is 41.7 Å². The van der Waals surface area contributed by atoms with Crippen molar-refractivity contribution < 1.29 is 18.4 Å². The van der Waals surface area contributed by atoms with Gasteiger partial charge in [0.2, 0.25) is 23.6 Å². The van der Waals surface area contributed by atoms with E-state index in [1.54, 1.807) is 12.1 Å². The molecule has 1 aliphatic carbocycles. The number of hydrogen-bond donors (Lipinski definition) is 2. The first-order valence-electron chi connectivity index (χ1n) is 12.5. The predicted octanol–water partition coefficient (Wildman–Crippen LogP) is 3.36. The molecule has 1 aromatic carbocycles. The van der Waals surface area contributed by atoms with Crippen molar-refractivity contribution in [2.75, 3.05) is 13.1 Å². The molecule has 2 aliphatic heterocycles. The average Bonchev–Trinajstić information content (AvgIpc) is 3.35. The fraction of sp³-hybridized carbons (Fsp3) is 0.600. The van der Waals surface area contributed by atoms with E-state index in [0.29, 0.717) is 36.9 Å². The summed E-state index contributed by atoms with van der Waals surface area (Å²) in [7, 11) is 0. The Morgan fingerprint density at radius 2 is 1.97 bits per heavy atom. The van der Waals surface area contributed by atoms with E-state index >= 15 is 0 Å². The van der Waals surface area contributed by atoms with Crippen molar-refractivity contribution >= 4 is 11.8 Å². The first-order valence-corrected chi connectivity index (χ1v) is 12.5. The molecule has 3 atom stereocenters. The van der Waals surface area contributed by atoms with Crippen LogP contribution in [0.15, 0.2) is 28.7 Å². The second-order valence-electron chi connectivity index (χ2n) is 9.73. The lowest BCUT2D eigenvalue weighted by atomic mass is 9.82. The number of carbonyl (C=O) groups excluding carboxylic acids is 2. The number of hydrogen-bond acceptors (Lipinski definition) is 6. The Balaban J connectivity index is 1.06. The van der Waals surface area contributed by atoms with Gasteiger partial charge in [-0.2, -0.15) is 0 Å². The van der Waals surface area contributed by atoms with Gasteiger partial charge in [0.1, 0.15) is 5.82 Å². The Kier molecular flexibility index (Phi) is 6.89. The molecule has 3 fully saturated rings. The van der Waals surface area contributed by atoms with Gasteiger partial charge >= 0.3 is 0 Å². The quantitative estimate of drug-likeness (QED) is 0.673. The van der Waals surface area contributed by atoms with Crippen LogP contribution in [0.25, 0.3) is 11.5 Å². The number of piperidine rings is 1. The highest BCUT2D eigenvalue weighted by atomic mass is 19.1. The van der Waals surface area contributed by atoms with Crippen molar-refractivity contribution in [1.29, 1.82) is 0 Å². The topological polar surface area (TPSA) is 100 Å². The summed E-state index contributed by atoms with van der Waals surface area (Å²) < 4.78 is 19.3. The summed E-state index contributed by atoms with van der Waals surface area (Å²) in [6.07, 6.45) is 7.83. The van der Waals surface area contributed by atoms with Gasteiger partial charge in [0.25, 0.3) is 0 Å². The monoisotopic (exact) mass is 469 g/mol. The molecule has 34 heavy (non-hydrogen) atoms. The molecule has 182 valence electrons. The summed E-state index contributed by atoms with van der Waals surface area (Å²) in [5.41, 5.74) is 0.564. The third kappa shape index (κ3) is 5.14. The van der Waals surface area contributed by atoms with Gasteiger partial charge in [-0.15, -0.1) is 10.2 Å². The third-order valence-electron chi connectivity index (χ3n) is 7.43. The second kappa shape index (κ2) is 10.2. The number of carbonyl (C=O) groups is 2. The van der Waals surface area contributed by atoms with E-state index in [4.69, 9.17) is 4.42 Å². The lowest BCUT2D eigenvalue weighted by Crippen LogP contribution is -2.62. The zero-order chi connectivity index (χ0) is 23.5. The van der Waals surface area contributed by atoms with E-state index in [9.17, 15) is 14.0 Å². The lowest BCUT2D eigenvalue weighted by molar-refractivity contribution is -0.132. The molecule has 8 nitrogen and oxygen atoms in total. The van der Waals surface area contributed by atoms with Crippen LogP contribution in [0.4, 0.5) is 4.39 Å². The van der Waals surface area contributed by atoms with Crippen molar-refractivity contribution in [3.8, 4) is 11.5 Å². The summed E-state index contributed by atoms with van der Waals surface area (Å²) >= 11 is 0. The van der Waals surface area contributed by atoms with Gasteiger partial charge in [-0.25, -0.2) is 4.39 Å². The number of nitrogens with zero attached hydrogens (tertiary/aromatic N) is 3. The predicted molar refractivity (Wildman–Crippen MR) is 123 cm³/mol. The molecule has 3 heterocycles. The SMILES string of the molecule is O=C1NC(CCCC(=O)N2CCC(c3nnc(-c4cccc(F)c4)o3)CC2)NC2CCCCC12. The fourth-order valence-electron chi connectivity index (χ4n) is 5.51. The highest BCUT2D eigenvalue weighted by Gasteiger charge is 2.37. The van der Waals surface area contributed by atoms with Crippen molar-refractivity contribution in [1.82, 2.24) is 25.7 Å². The largest absolute Gasteiger partial charge is 0.420 e. The molecule has 1 saturated carbocycles. The molecule has 0 spiro atoms. The van der Waals surface area contributed by atoms with Gasteiger partial charge in [0, 0.05) is 37.0 Å². The van der Waals surface area contributed by atoms with Crippen LogP contribution in [0.1, 0.15) is 69.6 Å². The van der Waals surface area contributed by atoms with Gasteiger partial charge in [-0.3, -0.25) is 14.9 Å². The minimum Gasteiger partial charge on any atom is -0.420 e. The van der Waals surface area contributed by atoms with Crippen LogP contribution in [0, 0.1) is 11.7 Å². The van der Waals surface area contributed by atoms with Gasteiger partial charge in [-0.1, -0.05) is 18.9 Å². The van der Waals surface area contributed by atoms with Crippen molar-refractivity contribution in [3.63, 3.8) is 0 Å². The molecule has 2 aromatic rings. The zero-order valence-electron chi connectivity index (χ0n) is 19.3. The van der Waals surface area contributed by atoms with Crippen LogP contribution >= 0.6 is 0 Å². The van der Waals surface area contributed by atoms with Gasteiger partial charge in [0.15, 0.2) is 0 Å². The average molecular weight is 470 g/mol. The fourth-order valence-corrected chi connectivity index (χ4v) is 5.51. The van der Waals surface area contributed by atoms with E-state index in [1.807, 2.05) is 4.90 Å². The highest BCUT2D eigenvalue weighted by Crippen LogP contribution is 2.30. The summed E-state index contributed by atoms with van der Waals surface area (Å²) in [5, 5.41) is 14.9. The molecule has 3 aliphatic rings. The Morgan fingerprint density at radius 1 is 1.15 bits per heavy atom. The maximum atomic E-state index is 13.5. The van der Waals surface area contributed by atoms with Crippen molar-refractivity contribution in [2.45, 2.75) is 75.9 Å². The number of benzene rings is 1. The molecule has 2 N–H and O–H groups in total. The minimum atomic E-state index is -0.344. The number of halogens is 1. The van der Waals surface area contributed by atoms with Crippen molar-refractivity contribution in [3.05, 3.63) is 36.0 Å². The summed E-state index contributed by atoms with van der Waals surface area (Å²) in [4.78, 5) is 27.0. The Bertz CT molecular complexity index is 1020. The summed E-state index contributed by atoms with van der Waals surface area (Å²) in [5.74, 6) is 1.05. The van der Waals surface area contributed by atoms with E-state index < -0.39 is 0 Å². The number of likely N-dealkylation sites (tertiary alicyclic amines) is 1. The van der Waals surface area contributed by atoms with E-state index in [2.05, 4.69) is 20.8 Å². The number of amides is 2. The number of rotatable bonds is 6. The van der Waals surface area contributed by atoms with Gasteiger partial charge in [-0.05, 0) is 56.7 Å². The normalized spacial score (nSPS) is 25.6. The first-order chi connectivity index (χ1) is 16.6. The maximum absolute atomic E-state index is 13.5. The lowest BCUT2D eigenvalue weighted by Gasteiger charge is -2.40. The molecule has 0 radical (unpaired) electrons. The Hall–Kier alpha value is -2.81. The molecule has 2 amide bonds. The first kappa shape index (κ1) is 23.0. The summed E-state index contributed by atoms with van der Waals surface area (Å²) in [6.45, 7) is 1.31. The minimum absolute atomic E-state index is 0.0322. The highest BCUT2D eigenvalue weighted by molar-refractivity contribution is 5.80. The number of nitrogens with one attached hydrogen (secondary N) is 2. The molecular formula is C25H32FN5O3. The van der Waals surface area contributed by atoms with Crippen LogP contribution in [0.3, 0.4) is 0 Å². The van der Waals surface area contributed by atoms with Gasteiger partial charge in [0.05, 0.1) is 12.1 Å². The summed E-state index contributed by atoms with van der Waals surface area (Å²) in [6, 6.07) is 6.39. The van der Waals surface area contributed by atoms with Crippen molar-refractivity contribution in [2.24, 2.45) is 5.92 Å². The molecule has 3 unspecified atom stereocenters. The van der Waals surface area contributed by atoms with E-state index in [0.717, 1.165) is 44.9 Å². The van der Waals surface area contributed by atoms with Crippen LogP contribution in [0.2, 0.25) is 0 Å². The smallest absolute Gasteiger partial charge is 0.247 e. The van der Waals surface area contributed by atoms with Crippen LogP contribution in [-0.2, 0) is 9.59 Å². The number of aromatic nitrogens is 2.